The Morgan fingerprint density at radius 3 is 2.88 bits per heavy atom. The number of amides is 1. The molecule has 1 aromatic rings. The van der Waals surface area contributed by atoms with E-state index < -0.39 is 5.92 Å². The lowest BCUT2D eigenvalue weighted by Crippen LogP contribution is -2.26. The summed E-state index contributed by atoms with van der Waals surface area (Å²) in [5, 5.41) is 14.6. The molecule has 1 amide bonds. The number of nitrogens with zero attached hydrogens (tertiary/aromatic N) is 3. The Morgan fingerprint density at radius 1 is 1.53 bits per heavy atom. The van der Waals surface area contributed by atoms with E-state index in [1.165, 1.54) is 5.01 Å². The first-order valence-corrected chi connectivity index (χ1v) is 5.53. The molecule has 0 saturated heterocycles. The molecule has 0 spiro atoms. The van der Waals surface area contributed by atoms with Gasteiger partial charge in [-0.3, -0.25) is 4.79 Å². The summed E-state index contributed by atoms with van der Waals surface area (Å²) in [6.45, 7) is 1.75. The Balaban J connectivity index is 2.35. The van der Waals surface area contributed by atoms with Crippen LogP contribution in [0, 0.1) is 17.2 Å². The van der Waals surface area contributed by atoms with E-state index >= 15 is 0 Å². The largest absolute Gasteiger partial charge is 0.272 e. The summed E-state index contributed by atoms with van der Waals surface area (Å²) >= 11 is 6.01. The first kappa shape index (κ1) is 11.6. The van der Waals surface area contributed by atoms with Gasteiger partial charge >= 0.3 is 0 Å². The molecule has 1 aliphatic rings. The maximum atomic E-state index is 12.1. The number of hydrazone groups is 1. The first-order chi connectivity index (χ1) is 8.15. The van der Waals surface area contributed by atoms with Gasteiger partial charge in [0.15, 0.2) is 0 Å². The van der Waals surface area contributed by atoms with Crippen LogP contribution >= 0.6 is 11.6 Å². The van der Waals surface area contributed by atoms with E-state index in [-0.39, 0.29) is 12.3 Å². The van der Waals surface area contributed by atoms with Crippen molar-refractivity contribution in [2.24, 2.45) is 11.0 Å². The second kappa shape index (κ2) is 4.56. The fraction of sp³-hybridized carbons (Fsp3) is 0.250. The third-order valence-electron chi connectivity index (χ3n) is 2.64. The monoisotopic (exact) mass is 247 g/mol. The fourth-order valence-corrected chi connectivity index (χ4v) is 1.94. The molecule has 4 nitrogen and oxygen atoms in total. The number of hydrogen-bond donors (Lipinski definition) is 0. The number of carbonyl (C=O) groups excluding carboxylic acids is 1. The molecule has 0 aromatic heterocycles. The normalized spacial score (nSPS) is 19.1. The van der Waals surface area contributed by atoms with Gasteiger partial charge in [0.2, 0.25) is 0 Å². The van der Waals surface area contributed by atoms with Gasteiger partial charge in [-0.05, 0) is 19.1 Å². The molecule has 1 atom stereocenters. The van der Waals surface area contributed by atoms with Gasteiger partial charge in [0.25, 0.3) is 5.91 Å². The van der Waals surface area contributed by atoms with Gasteiger partial charge in [-0.15, -0.1) is 0 Å². The van der Waals surface area contributed by atoms with Crippen LogP contribution in [-0.4, -0.2) is 11.6 Å². The molecular weight excluding hydrogens is 238 g/mol. The second-order valence-electron chi connectivity index (χ2n) is 3.76. The minimum absolute atomic E-state index is 0.148. The molecule has 17 heavy (non-hydrogen) atoms. The average Bonchev–Trinajstić information content (AvgIpc) is 2.58. The molecule has 0 radical (unpaired) electrons. The lowest BCUT2D eigenvalue weighted by atomic mass is 10.0. The van der Waals surface area contributed by atoms with E-state index in [2.05, 4.69) is 5.10 Å². The summed E-state index contributed by atoms with van der Waals surface area (Å²) in [4.78, 5) is 12.1. The maximum absolute atomic E-state index is 12.1. The van der Waals surface area contributed by atoms with E-state index in [9.17, 15) is 4.79 Å². The van der Waals surface area contributed by atoms with Crippen LogP contribution < -0.4 is 5.01 Å². The number of hydrogen-bond acceptors (Lipinski definition) is 3. The predicted molar refractivity (Wildman–Crippen MR) is 65.8 cm³/mol. The van der Waals surface area contributed by atoms with E-state index in [0.29, 0.717) is 16.4 Å². The van der Waals surface area contributed by atoms with Gasteiger partial charge in [0.05, 0.1) is 29.1 Å². The number of benzene rings is 1. The van der Waals surface area contributed by atoms with Crippen LogP contribution in [0.2, 0.25) is 5.02 Å². The van der Waals surface area contributed by atoms with Crippen LogP contribution in [0.25, 0.3) is 0 Å². The Labute approximate surface area is 104 Å². The van der Waals surface area contributed by atoms with Crippen LogP contribution in [0.3, 0.4) is 0 Å². The smallest absolute Gasteiger partial charge is 0.257 e. The van der Waals surface area contributed by atoms with Crippen molar-refractivity contribution in [2.45, 2.75) is 13.3 Å². The number of nitriles is 1. The van der Waals surface area contributed by atoms with Crippen molar-refractivity contribution in [1.82, 2.24) is 0 Å². The Bertz CT molecular complexity index is 533. The molecule has 2 rings (SSSR count). The van der Waals surface area contributed by atoms with Crippen molar-refractivity contribution in [3.8, 4) is 6.07 Å². The maximum Gasteiger partial charge on any atom is 0.257 e. The van der Waals surface area contributed by atoms with Crippen molar-refractivity contribution in [1.29, 1.82) is 5.26 Å². The van der Waals surface area contributed by atoms with Gasteiger partial charge in [0.1, 0.15) is 0 Å². The number of anilines is 1. The molecule has 5 heteroatoms. The summed E-state index contributed by atoms with van der Waals surface area (Å²) < 4.78 is 0. The molecule has 0 saturated carbocycles. The molecule has 1 heterocycles. The van der Waals surface area contributed by atoms with Crippen LogP contribution in [0.4, 0.5) is 5.69 Å². The highest BCUT2D eigenvalue weighted by atomic mass is 35.5. The minimum Gasteiger partial charge on any atom is -0.272 e. The molecule has 1 aliphatic heterocycles. The number of para-hydroxylation sites is 1. The fourth-order valence-electron chi connectivity index (χ4n) is 1.73. The highest BCUT2D eigenvalue weighted by molar-refractivity contribution is 6.34. The van der Waals surface area contributed by atoms with Crippen molar-refractivity contribution < 1.29 is 4.79 Å². The van der Waals surface area contributed by atoms with Gasteiger partial charge in [-0.25, -0.2) is 0 Å². The van der Waals surface area contributed by atoms with Gasteiger partial charge < -0.3 is 0 Å². The van der Waals surface area contributed by atoms with Gasteiger partial charge in [-0.1, -0.05) is 23.7 Å². The third kappa shape index (κ3) is 2.02. The first-order valence-electron chi connectivity index (χ1n) is 5.15. The van der Waals surface area contributed by atoms with Crippen molar-refractivity contribution in [2.75, 3.05) is 5.01 Å². The van der Waals surface area contributed by atoms with Crippen molar-refractivity contribution in [3.63, 3.8) is 0 Å². The van der Waals surface area contributed by atoms with Gasteiger partial charge in [-0.2, -0.15) is 15.4 Å². The van der Waals surface area contributed by atoms with Crippen LogP contribution in [-0.2, 0) is 4.79 Å². The summed E-state index contributed by atoms with van der Waals surface area (Å²) in [7, 11) is 0. The Morgan fingerprint density at radius 2 is 2.24 bits per heavy atom. The standard InChI is InChI=1S/C12H10ClN3O/c1-8-9(6-7-14)12(17)16(15-8)11-5-3-2-4-10(11)13/h2-5,9H,6H2,1H3. The number of halogens is 1. The summed E-state index contributed by atoms with van der Waals surface area (Å²) in [5.74, 6) is -0.645. The molecule has 0 bridgehead atoms. The van der Waals surface area contributed by atoms with Crippen LogP contribution in [0.15, 0.2) is 29.4 Å². The zero-order chi connectivity index (χ0) is 12.4. The van der Waals surface area contributed by atoms with Crippen LogP contribution in [0.1, 0.15) is 13.3 Å². The van der Waals surface area contributed by atoms with Crippen LogP contribution in [0.5, 0.6) is 0 Å². The van der Waals surface area contributed by atoms with E-state index in [0.717, 1.165) is 0 Å². The minimum atomic E-state index is -0.448. The average molecular weight is 248 g/mol. The zero-order valence-corrected chi connectivity index (χ0v) is 9.98. The Kier molecular flexibility index (Phi) is 3.12. The van der Waals surface area contributed by atoms with Crippen molar-refractivity contribution in [3.05, 3.63) is 29.3 Å². The van der Waals surface area contributed by atoms with E-state index in [1.54, 1.807) is 31.2 Å². The molecule has 0 fully saturated rings. The molecule has 1 unspecified atom stereocenters. The van der Waals surface area contributed by atoms with E-state index in [1.807, 2.05) is 6.07 Å². The zero-order valence-electron chi connectivity index (χ0n) is 9.22. The molecule has 0 N–H and O–H groups in total. The third-order valence-corrected chi connectivity index (χ3v) is 2.96. The summed E-state index contributed by atoms with van der Waals surface area (Å²) in [6, 6.07) is 9.00. The molecule has 1 aromatic carbocycles. The second-order valence-corrected chi connectivity index (χ2v) is 4.16. The summed E-state index contributed by atoms with van der Waals surface area (Å²) in [6.07, 6.45) is 0.148. The predicted octanol–water partition coefficient (Wildman–Crippen LogP) is 2.59. The Hall–Kier alpha value is -1.86. The van der Waals surface area contributed by atoms with E-state index in [4.69, 9.17) is 16.9 Å². The number of rotatable bonds is 2. The topological polar surface area (TPSA) is 56.5 Å². The van der Waals surface area contributed by atoms with Gasteiger partial charge in [0, 0.05) is 5.71 Å². The highest BCUT2D eigenvalue weighted by Gasteiger charge is 2.34. The van der Waals surface area contributed by atoms with Crippen molar-refractivity contribution >= 4 is 28.9 Å². The highest BCUT2D eigenvalue weighted by Crippen LogP contribution is 2.30. The lowest BCUT2D eigenvalue weighted by Gasteiger charge is -2.14. The molecule has 0 aliphatic carbocycles. The molecule has 86 valence electrons. The number of carbonyl (C=O) groups is 1. The SMILES string of the molecule is CC1=NN(c2ccccc2Cl)C(=O)C1CC#N. The summed E-state index contributed by atoms with van der Waals surface area (Å²) in [5.41, 5.74) is 1.20. The quantitative estimate of drug-likeness (QED) is 0.807. The molecular formula is C12H10ClN3O. The lowest BCUT2D eigenvalue weighted by molar-refractivity contribution is -0.119.